The fraction of sp³-hybridized carbons (Fsp3) is 0.462. The number of anilines is 1. The van der Waals surface area contributed by atoms with Gasteiger partial charge in [0.2, 0.25) is 21.8 Å². The van der Waals surface area contributed by atoms with Crippen molar-refractivity contribution < 1.29 is 22.4 Å². The summed E-state index contributed by atoms with van der Waals surface area (Å²) >= 11 is 0. The fourth-order valence-corrected chi connectivity index (χ4v) is 4.48. The fourth-order valence-electron chi connectivity index (χ4n) is 3.64. The molecule has 2 aromatic carbocycles. The maximum absolute atomic E-state index is 13.6. The zero-order valence-corrected chi connectivity index (χ0v) is 22.2. The van der Waals surface area contributed by atoms with E-state index in [1.54, 1.807) is 37.3 Å². The number of nitrogens with one attached hydrogen (secondary N) is 1. The van der Waals surface area contributed by atoms with Crippen LogP contribution >= 0.6 is 0 Å². The molecule has 0 aliphatic rings. The molecule has 0 aliphatic heterocycles. The van der Waals surface area contributed by atoms with Gasteiger partial charge in [-0.05, 0) is 74.6 Å². The molecule has 0 saturated heterocycles. The van der Waals surface area contributed by atoms with Crippen molar-refractivity contribution in [3.8, 4) is 0 Å². The third-order valence-corrected chi connectivity index (χ3v) is 7.25. The molecule has 2 rings (SSSR count). The molecule has 2 aromatic rings. The molecule has 0 heterocycles. The highest BCUT2D eigenvalue weighted by atomic mass is 32.2. The van der Waals surface area contributed by atoms with Gasteiger partial charge in [0, 0.05) is 12.6 Å². The molecule has 0 aliphatic carbocycles. The number of rotatable bonds is 11. The van der Waals surface area contributed by atoms with Crippen molar-refractivity contribution in [1.29, 1.82) is 0 Å². The van der Waals surface area contributed by atoms with Crippen LogP contribution in [-0.4, -0.2) is 50.0 Å². The molecule has 9 heteroatoms. The van der Waals surface area contributed by atoms with E-state index in [4.69, 9.17) is 0 Å². The summed E-state index contributed by atoms with van der Waals surface area (Å²) in [6, 6.07) is 9.96. The van der Waals surface area contributed by atoms with Crippen LogP contribution in [0, 0.1) is 19.7 Å². The Kier molecular flexibility index (Phi) is 9.82. The third-order valence-electron chi connectivity index (χ3n) is 6.11. The van der Waals surface area contributed by atoms with Crippen molar-refractivity contribution >= 4 is 27.5 Å². The van der Waals surface area contributed by atoms with Gasteiger partial charge in [-0.25, -0.2) is 12.8 Å². The smallest absolute Gasteiger partial charge is 0.244 e. The van der Waals surface area contributed by atoms with Gasteiger partial charge < -0.3 is 10.2 Å². The van der Waals surface area contributed by atoms with E-state index in [0.717, 1.165) is 28.1 Å². The van der Waals surface area contributed by atoms with Gasteiger partial charge in [0.05, 0.1) is 11.9 Å². The molecular formula is C26H36FN3O4S. The molecular weight excluding hydrogens is 469 g/mol. The predicted octanol–water partition coefficient (Wildman–Crippen LogP) is 3.93. The maximum atomic E-state index is 13.6. The minimum atomic E-state index is -3.79. The molecule has 2 atom stereocenters. The Morgan fingerprint density at radius 3 is 2.14 bits per heavy atom. The van der Waals surface area contributed by atoms with Crippen molar-refractivity contribution in [3.05, 3.63) is 65.0 Å². The number of hydrogen-bond acceptors (Lipinski definition) is 4. The van der Waals surface area contributed by atoms with Crippen LogP contribution in [0.2, 0.25) is 0 Å². The van der Waals surface area contributed by atoms with Crippen molar-refractivity contribution in [3.63, 3.8) is 0 Å². The van der Waals surface area contributed by atoms with Crippen LogP contribution in [0.3, 0.4) is 0 Å². The second-order valence-corrected chi connectivity index (χ2v) is 10.8. The van der Waals surface area contributed by atoms with Crippen LogP contribution in [0.25, 0.3) is 0 Å². The number of amides is 2. The summed E-state index contributed by atoms with van der Waals surface area (Å²) in [7, 11) is -3.79. The van der Waals surface area contributed by atoms with Crippen LogP contribution < -0.4 is 9.62 Å². The van der Waals surface area contributed by atoms with E-state index in [1.165, 1.54) is 17.0 Å². The number of halogens is 1. The molecule has 0 aromatic heterocycles. The van der Waals surface area contributed by atoms with Gasteiger partial charge in [0.15, 0.2) is 0 Å². The lowest BCUT2D eigenvalue weighted by Gasteiger charge is -2.33. The van der Waals surface area contributed by atoms with Crippen molar-refractivity contribution in [2.45, 2.75) is 66.1 Å². The number of aryl methyl sites for hydroxylation is 2. The van der Waals surface area contributed by atoms with Gasteiger partial charge in [0.1, 0.15) is 18.4 Å². The zero-order valence-electron chi connectivity index (χ0n) is 21.3. The highest BCUT2D eigenvalue weighted by Crippen LogP contribution is 2.22. The van der Waals surface area contributed by atoms with Crippen molar-refractivity contribution in [2.75, 3.05) is 17.1 Å². The monoisotopic (exact) mass is 505 g/mol. The molecule has 0 radical (unpaired) electrons. The highest BCUT2D eigenvalue weighted by molar-refractivity contribution is 7.92. The molecule has 35 heavy (non-hydrogen) atoms. The Hall–Kier alpha value is -2.94. The molecule has 2 amide bonds. The van der Waals surface area contributed by atoms with Crippen LogP contribution in [-0.2, 0) is 26.2 Å². The van der Waals surface area contributed by atoms with Gasteiger partial charge in [-0.15, -0.1) is 0 Å². The van der Waals surface area contributed by atoms with E-state index in [1.807, 2.05) is 27.7 Å². The first-order chi connectivity index (χ1) is 16.4. The van der Waals surface area contributed by atoms with Crippen molar-refractivity contribution in [1.82, 2.24) is 10.2 Å². The van der Waals surface area contributed by atoms with Crippen LogP contribution in [0.4, 0.5) is 10.1 Å². The number of sulfonamides is 1. The molecule has 0 saturated carbocycles. The summed E-state index contributed by atoms with van der Waals surface area (Å²) in [5.74, 6) is -1.25. The topological polar surface area (TPSA) is 86.8 Å². The Morgan fingerprint density at radius 1 is 1.00 bits per heavy atom. The molecule has 7 nitrogen and oxygen atoms in total. The third kappa shape index (κ3) is 7.78. The highest BCUT2D eigenvalue weighted by Gasteiger charge is 2.32. The molecule has 0 unspecified atom stereocenters. The molecule has 192 valence electrons. The van der Waals surface area contributed by atoms with Crippen LogP contribution in [0.1, 0.15) is 50.3 Å². The number of hydrogen-bond donors (Lipinski definition) is 1. The average Bonchev–Trinajstić information content (AvgIpc) is 2.79. The Labute approximate surface area is 208 Å². The zero-order chi connectivity index (χ0) is 26.3. The van der Waals surface area contributed by atoms with Crippen LogP contribution in [0.5, 0.6) is 0 Å². The Morgan fingerprint density at radius 2 is 1.63 bits per heavy atom. The second kappa shape index (κ2) is 12.2. The molecule has 1 N–H and O–H groups in total. The lowest BCUT2D eigenvalue weighted by molar-refractivity contribution is -0.140. The summed E-state index contributed by atoms with van der Waals surface area (Å²) in [6.45, 7) is 8.98. The lowest BCUT2D eigenvalue weighted by Crippen LogP contribution is -2.53. The van der Waals surface area contributed by atoms with Gasteiger partial charge in [0.25, 0.3) is 0 Å². The minimum absolute atomic E-state index is 0.0378. The molecule has 0 spiro atoms. The van der Waals surface area contributed by atoms with E-state index in [0.29, 0.717) is 17.7 Å². The summed E-state index contributed by atoms with van der Waals surface area (Å²) < 4.78 is 39.9. The number of carbonyl (C=O) groups excluding carboxylic acids is 2. The first-order valence-electron chi connectivity index (χ1n) is 11.8. The SMILES string of the molecule is CC[C@@H](C)NC(=O)[C@H](CC)N(Cc1ccc(F)cc1)C(=O)CN(c1ccc(C)c(C)c1)S(C)(=O)=O. The van der Waals surface area contributed by atoms with Crippen LogP contribution in [0.15, 0.2) is 42.5 Å². The molecule has 0 bridgehead atoms. The normalized spacial score (nSPS) is 13.1. The van der Waals surface area contributed by atoms with E-state index < -0.39 is 34.3 Å². The largest absolute Gasteiger partial charge is 0.352 e. The molecule has 0 fully saturated rings. The van der Waals surface area contributed by atoms with E-state index in [9.17, 15) is 22.4 Å². The average molecular weight is 506 g/mol. The minimum Gasteiger partial charge on any atom is -0.352 e. The number of carbonyl (C=O) groups is 2. The van der Waals surface area contributed by atoms with Gasteiger partial charge in [-0.3, -0.25) is 13.9 Å². The maximum Gasteiger partial charge on any atom is 0.244 e. The van der Waals surface area contributed by atoms with E-state index in [2.05, 4.69) is 5.32 Å². The number of nitrogens with zero attached hydrogens (tertiary/aromatic N) is 2. The van der Waals surface area contributed by atoms with E-state index in [-0.39, 0.29) is 18.5 Å². The van der Waals surface area contributed by atoms with Crippen molar-refractivity contribution in [2.24, 2.45) is 0 Å². The van der Waals surface area contributed by atoms with Gasteiger partial charge >= 0.3 is 0 Å². The summed E-state index contributed by atoms with van der Waals surface area (Å²) in [6.07, 6.45) is 2.10. The Balaban J connectivity index is 2.45. The number of benzene rings is 2. The standard InChI is InChI=1S/C26H36FN3O4S/c1-7-20(5)28-26(32)24(8-2)29(16-21-10-12-22(27)13-11-21)25(31)17-30(35(6,33)34)23-14-9-18(3)19(4)15-23/h9-15,20,24H,7-8,16-17H2,1-6H3,(H,28,32)/t20-,24+/m1/s1. The quantitative estimate of drug-likeness (QED) is 0.501. The lowest BCUT2D eigenvalue weighted by atomic mass is 10.1. The first kappa shape index (κ1) is 28.3. The second-order valence-electron chi connectivity index (χ2n) is 8.93. The van der Waals surface area contributed by atoms with E-state index >= 15 is 0 Å². The first-order valence-corrected chi connectivity index (χ1v) is 13.6. The summed E-state index contributed by atoms with van der Waals surface area (Å²) in [4.78, 5) is 28.1. The van der Waals surface area contributed by atoms with Gasteiger partial charge in [-0.1, -0.05) is 32.0 Å². The summed E-state index contributed by atoms with van der Waals surface area (Å²) in [5.41, 5.74) is 2.90. The van der Waals surface area contributed by atoms with Gasteiger partial charge in [-0.2, -0.15) is 0 Å². The summed E-state index contributed by atoms with van der Waals surface area (Å²) in [5, 5.41) is 2.92. The Bertz CT molecular complexity index is 1140. The predicted molar refractivity (Wildman–Crippen MR) is 137 cm³/mol.